The lowest BCUT2D eigenvalue weighted by Gasteiger charge is -2.12. The Hall–Kier alpha value is -4.59. The molecule has 32 heavy (non-hydrogen) atoms. The molecule has 2 heterocycles. The lowest BCUT2D eigenvalue weighted by atomic mass is 10.1. The summed E-state index contributed by atoms with van der Waals surface area (Å²) in [7, 11) is 0. The van der Waals surface area contributed by atoms with Crippen molar-refractivity contribution in [2.45, 2.75) is 6.92 Å². The Morgan fingerprint density at radius 2 is 1.53 bits per heavy atom. The van der Waals surface area contributed by atoms with E-state index in [1.165, 1.54) is 16.8 Å². The smallest absolute Gasteiger partial charge is 0.280 e. The zero-order valence-electron chi connectivity index (χ0n) is 17.1. The van der Waals surface area contributed by atoms with Gasteiger partial charge in [-0.05, 0) is 49.4 Å². The van der Waals surface area contributed by atoms with E-state index >= 15 is 0 Å². The molecule has 0 fully saturated rings. The number of carbonyl (C=O) groups is 2. The summed E-state index contributed by atoms with van der Waals surface area (Å²) in [5.41, 5.74) is 1.92. The second-order valence-electron chi connectivity index (χ2n) is 6.97. The summed E-state index contributed by atoms with van der Waals surface area (Å²) in [5.74, 6) is -1.00. The lowest BCUT2D eigenvalue weighted by molar-refractivity contribution is 0.101. The molecular formula is C24H19N5O3. The molecule has 0 saturated carbocycles. The minimum Gasteiger partial charge on any atom is -0.322 e. The summed E-state index contributed by atoms with van der Waals surface area (Å²) in [6.45, 7) is 1.74. The summed E-state index contributed by atoms with van der Waals surface area (Å²) in [5, 5.41) is 9.66. The second-order valence-corrected chi connectivity index (χ2v) is 6.97. The number of hydrogen-bond donors (Lipinski definition) is 2. The van der Waals surface area contributed by atoms with Crippen LogP contribution in [0.4, 0.5) is 11.4 Å². The third-order valence-corrected chi connectivity index (χ3v) is 4.64. The molecule has 0 atom stereocenters. The zero-order valence-corrected chi connectivity index (χ0v) is 17.1. The molecule has 2 N–H and O–H groups in total. The van der Waals surface area contributed by atoms with Gasteiger partial charge in [0.05, 0.1) is 5.69 Å². The quantitative estimate of drug-likeness (QED) is 0.510. The number of nitrogens with zero attached hydrogens (tertiary/aromatic N) is 3. The molecule has 8 heteroatoms. The molecule has 4 rings (SSSR count). The van der Waals surface area contributed by atoms with E-state index in [2.05, 4.69) is 20.7 Å². The fourth-order valence-electron chi connectivity index (χ4n) is 3.10. The van der Waals surface area contributed by atoms with Crippen molar-refractivity contribution >= 4 is 23.2 Å². The van der Waals surface area contributed by atoms with E-state index in [-0.39, 0.29) is 11.6 Å². The molecule has 0 aliphatic rings. The van der Waals surface area contributed by atoms with Gasteiger partial charge in [-0.15, -0.1) is 0 Å². The van der Waals surface area contributed by atoms with Gasteiger partial charge in [0.15, 0.2) is 5.69 Å². The van der Waals surface area contributed by atoms with Gasteiger partial charge in [-0.2, -0.15) is 5.10 Å². The fourth-order valence-corrected chi connectivity index (χ4v) is 3.10. The van der Waals surface area contributed by atoms with Gasteiger partial charge in [-0.25, -0.2) is 4.68 Å². The first-order valence-corrected chi connectivity index (χ1v) is 9.80. The van der Waals surface area contributed by atoms with Gasteiger partial charge in [0, 0.05) is 41.1 Å². The standard InChI is InChI=1S/C24H19N5O3/c1-16-14-21(30)22(28-29(16)20-8-3-2-4-9-20)24(32)27-19-7-5-6-17(15-19)23(31)26-18-10-12-25-13-11-18/h2-15H,1H3,(H,27,32)(H,25,26,31). The Kier molecular flexibility index (Phi) is 5.85. The summed E-state index contributed by atoms with van der Waals surface area (Å²) in [6.07, 6.45) is 3.14. The molecule has 8 nitrogen and oxygen atoms in total. The third-order valence-electron chi connectivity index (χ3n) is 4.64. The van der Waals surface area contributed by atoms with Gasteiger partial charge in [-0.3, -0.25) is 19.4 Å². The predicted octanol–water partition coefficient (Wildman–Crippen LogP) is 3.44. The number of benzene rings is 2. The minimum atomic E-state index is -0.661. The van der Waals surface area contributed by atoms with Crippen molar-refractivity contribution in [3.8, 4) is 5.69 Å². The highest BCUT2D eigenvalue weighted by Crippen LogP contribution is 2.14. The van der Waals surface area contributed by atoms with Crippen LogP contribution in [0.5, 0.6) is 0 Å². The number of nitrogens with one attached hydrogen (secondary N) is 2. The number of rotatable bonds is 5. The molecule has 0 spiro atoms. The van der Waals surface area contributed by atoms with Crippen LogP contribution in [0, 0.1) is 6.92 Å². The van der Waals surface area contributed by atoms with E-state index in [4.69, 9.17) is 0 Å². The predicted molar refractivity (Wildman–Crippen MR) is 121 cm³/mol. The lowest BCUT2D eigenvalue weighted by Crippen LogP contribution is -2.27. The first kappa shape index (κ1) is 20.7. The van der Waals surface area contributed by atoms with Crippen LogP contribution in [0.3, 0.4) is 0 Å². The molecule has 0 bridgehead atoms. The largest absolute Gasteiger partial charge is 0.322 e. The topological polar surface area (TPSA) is 106 Å². The maximum absolute atomic E-state index is 12.8. The highest BCUT2D eigenvalue weighted by Gasteiger charge is 2.16. The summed E-state index contributed by atoms with van der Waals surface area (Å²) in [6, 6.07) is 20.3. The monoisotopic (exact) mass is 425 g/mol. The van der Waals surface area contributed by atoms with Crippen molar-refractivity contribution in [3.05, 3.63) is 112 Å². The van der Waals surface area contributed by atoms with Crippen molar-refractivity contribution in [1.29, 1.82) is 0 Å². The van der Waals surface area contributed by atoms with Crippen LogP contribution in [0.1, 0.15) is 26.5 Å². The third kappa shape index (κ3) is 4.59. The molecule has 0 saturated heterocycles. The van der Waals surface area contributed by atoms with Crippen LogP contribution in [0.2, 0.25) is 0 Å². The molecule has 2 amide bonds. The number of hydrogen-bond acceptors (Lipinski definition) is 5. The van der Waals surface area contributed by atoms with E-state index < -0.39 is 11.3 Å². The Bertz CT molecular complexity index is 1330. The normalized spacial score (nSPS) is 10.4. The number of para-hydroxylation sites is 1. The Balaban J connectivity index is 1.56. The SMILES string of the molecule is Cc1cc(=O)c(C(=O)Nc2cccc(C(=O)Nc3ccncc3)c2)nn1-c1ccccc1. The van der Waals surface area contributed by atoms with Gasteiger partial charge < -0.3 is 10.6 Å². The molecule has 2 aromatic carbocycles. The average Bonchev–Trinajstić information content (AvgIpc) is 2.80. The van der Waals surface area contributed by atoms with Gasteiger partial charge in [-0.1, -0.05) is 24.3 Å². The van der Waals surface area contributed by atoms with E-state index in [0.717, 1.165) is 5.69 Å². The summed E-state index contributed by atoms with van der Waals surface area (Å²) >= 11 is 0. The molecular weight excluding hydrogens is 406 g/mol. The van der Waals surface area contributed by atoms with E-state index in [1.807, 2.05) is 30.3 Å². The highest BCUT2D eigenvalue weighted by atomic mass is 16.2. The van der Waals surface area contributed by atoms with Crippen LogP contribution < -0.4 is 16.1 Å². The Morgan fingerprint density at radius 3 is 2.28 bits per heavy atom. The van der Waals surface area contributed by atoms with Crippen molar-refractivity contribution in [2.75, 3.05) is 10.6 Å². The number of aryl methyl sites for hydroxylation is 1. The highest BCUT2D eigenvalue weighted by molar-refractivity contribution is 6.06. The van der Waals surface area contributed by atoms with Crippen molar-refractivity contribution in [3.63, 3.8) is 0 Å². The first-order chi connectivity index (χ1) is 15.5. The van der Waals surface area contributed by atoms with Gasteiger partial charge in [0.2, 0.25) is 5.43 Å². The fraction of sp³-hybridized carbons (Fsp3) is 0.0417. The summed E-state index contributed by atoms with van der Waals surface area (Å²) in [4.78, 5) is 41.6. The molecule has 0 aliphatic heterocycles. The van der Waals surface area contributed by atoms with Crippen LogP contribution in [-0.4, -0.2) is 26.6 Å². The van der Waals surface area contributed by atoms with Crippen LogP contribution >= 0.6 is 0 Å². The second kappa shape index (κ2) is 9.05. The first-order valence-electron chi connectivity index (χ1n) is 9.80. The number of amides is 2. The Labute approximate surface area is 183 Å². The van der Waals surface area contributed by atoms with E-state index in [1.54, 1.807) is 49.6 Å². The van der Waals surface area contributed by atoms with Crippen molar-refractivity contribution in [1.82, 2.24) is 14.8 Å². The minimum absolute atomic E-state index is 0.244. The van der Waals surface area contributed by atoms with Gasteiger partial charge in [0.25, 0.3) is 11.8 Å². The molecule has 0 unspecified atom stereocenters. The average molecular weight is 425 g/mol. The molecule has 0 radical (unpaired) electrons. The van der Waals surface area contributed by atoms with E-state index in [9.17, 15) is 14.4 Å². The zero-order chi connectivity index (χ0) is 22.5. The van der Waals surface area contributed by atoms with Crippen LogP contribution in [-0.2, 0) is 0 Å². The van der Waals surface area contributed by atoms with Crippen molar-refractivity contribution in [2.24, 2.45) is 0 Å². The van der Waals surface area contributed by atoms with Gasteiger partial charge >= 0.3 is 0 Å². The van der Waals surface area contributed by atoms with Crippen LogP contribution in [0.15, 0.2) is 90.0 Å². The number of aromatic nitrogens is 3. The number of anilines is 2. The maximum Gasteiger partial charge on any atom is 0.280 e. The van der Waals surface area contributed by atoms with E-state index in [0.29, 0.717) is 22.6 Å². The maximum atomic E-state index is 12.8. The van der Waals surface area contributed by atoms with Crippen molar-refractivity contribution < 1.29 is 9.59 Å². The molecule has 4 aromatic rings. The Morgan fingerprint density at radius 1 is 0.812 bits per heavy atom. The molecule has 0 aliphatic carbocycles. The van der Waals surface area contributed by atoms with Crippen LogP contribution in [0.25, 0.3) is 5.69 Å². The molecule has 158 valence electrons. The molecule has 2 aromatic heterocycles. The number of pyridine rings is 1. The van der Waals surface area contributed by atoms with Gasteiger partial charge in [0.1, 0.15) is 0 Å². The summed E-state index contributed by atoms with van der Waals surface area (Å²) < 4.78 is 1.54. The number of carbonyl (C=O) groups excluding carboxylic acids is 2.